The summed E-state index contributed by atoms with van der Waals surface area (Å²) in [5.41, 5.74) is -0.858. The molecule has 0 heterocycles. The van der Waals surface area contributed by atoms with Gasteiger partial charge >= 0.3 is 5.97 Å². The first-order valence-electron chi connectivity index (χ1n) is 6.32. The van der Waals surface area contributed by atoms with Crippen molar-refractivity contribution in [2.45, 2.75) is 30.9 Å². The first-order valence-corrected chi connectivity index (χ1v) is 6.32. The summed E-state index contributed by atoms with van der Waals surface area (Å²) in [5, 5.41) is 12.2. The lowest BCUT2D eigenvalue weighted by Gasteiger charge is -2.23. The molecule has 1 aliphatic carbocycles. The highest BCUT2D eigenvalue weighted by molar-refractivity contribution is 5.79. The summed E-state index contributed by atoms with van der Waals surface area (Å²) in [6.45, 7) is 0. The summed E-state index contributed by atoms with van der Waals surface area (Å²) in [6, 6.07) is 7.35. The van der Waals surface area contributed by atoms with Gasteiger partial charge in [0.15, 0.2) is 0 Å². The Hall–Kier alpha value is -1.75. The van der Waals surface area contributed by atoms with Crippen LogP contribution in [0.1, 0.15) is 19.3 Å². The topological polar surface area (TPSA) is 67.8 Å². The zero-order valence-electron chi connectivity index (χ0n) is 11.2. The van der Waals surface area contributed by atoms with E-state index in [2.05, 4.69) is 5.32 Å². The maximum Gasteiger partial charge on any atom is 0.324 e. The van der Waals surface area contributed by atoms with Gasteiger partial charge in [-0.05, 0) is 32.0 Å². The Morgan fingerprint density at radius 3 is 2.79 bits per heavy atom. The summed E-state index contributed by atoms with van der Waals surface area (Å²) in [5.74, 6) is 0.627. The van der Waals surface area contributed by atoms with Crippen molar-refractivity contribution in [1.29, 1.82) is 0 Å². The highest BCUT2D eigenvalue weighted by Crippen LogP contribution is 2.33. The van der Waals surface area contributed by atoms with E-state index >= 15 is 0 Å². The molecule has 2 atom stereocenters. The smallest absolute Gasteiger partial charge is 0.324 e. The van der Waals surface area contributed by atoms with Gasteiger partial charge in [-0.2, -0.15) is 0 Å². The maximum atomic E-state index is 11.3. The summed E-state index contributed by atoms with van der Waals surface area (Å²) in [4.78, 5) is 11.3. The molecule has 1 aromatic carbocycles. The number of hydrogen-bond donors (Lipinski definition) is 2. The second kappa shape index (κ2) is 5.48. The van der Waals surface area contributed by atoms with E-state index in [9.17, 15) is 9.90 Å². The molecular weight excluding hydrogens is 246 g/mol. The molecule has 0 aliphatic heterocycles. The molecule has 5 heteroatoms. The van der Waals surface area contributed by atoms with Crippen LogP contribution < -0.4 is 14.8 Å². The van der Waals surface area contributed by atoms with Crippen LogP contribution in [0.25, 0.3) is 0 Å². The molecule has 104 valence electrons. The number of carboxylic acids is 1. The highest BCUT2D eigenvalue weighted by Gasteiger charge is 2.45. The lowest BCUT2D eigenvalue weighted by molar-refractivity contribution is -0.144. The number of rotatable bonds is 5. The van der Waals surface area contributed by atoms with Crippen molar-refractivity contribution in [3.63, 3.8) is 0 Å². The summed E-state index contributed by atoms with van der Waals surface area (Å²) in [7, 11) is 3.28. The highest BCUT2D eigenvalue weighted by atomic mass is 16.5. The molecule has 19 heavy (non-hydrogen) atoms. The number of carboxylic acid groups (broad SMARTS) is 1. The molecule has 0 spiro atoms. The predicted octanol–water partition coefficient (Wildman–Crippen LogP) is 1.67. The molecule has 1 aliphatic rings. The third-order valence-electron chi connectivity index (χ3n) is 3.70. The van der Waals surface area contributed by atoms with Crippen LogP contribution >= 0.6 is 0 Å². The third kappa shape index (κ3) is 2.81. The van der Waals surface area contributed by atoms with Gasteiger partial charge in [-0.25, -0.2) is 0 Å². The Bertz CT molecular complexity index is 463. The normalized spacial score (nSPS) is 26.1. The standard InChI is InChI=1S/C14H19NO4/c1-15-14(13(16)17)7-6-12(9-14)19-11-5-3-4-10(8-11)18-2/h3-5,8,12,15H,6-7,9H2,1-2H3,(H,16,17). The number of ether oxygens (including phenoxy) is 2. The Morgan fingerprint density at radius 1 is 1.47 bits per heavy atom. The number of benzene rings is 1. The van der Waals surface area contributed by atoms with Crippen molar-refractivity contribution in [3.05, 3.63) is 24.3 Å². The zero-order valence-corrected chi connectivity index (χ0v) is 11.2. The van der Waals surface area contributed by atoms with Gasteiger partial charge in [0.05, 0.1) is 7.11 Å². The molecule has 2 rings (SSSR count). The molecular formula is C14H19NO4. The lowest BCUT2D eigenvalue weighted by Crippen LogP contribution is -2.48. The lowest BCUT2D eigenvalue weighted by atomic mass is 9.98. The Kier molecular flexibility index (Phi) is 3.95. The zero-order chi connectivity index (χ0) is 13.9. The number of likely N-dealkylation sites (N-methyl/N-ethyl adjacent to an activating group) is 1. The maximum absolute atomic E-state index is 11.3. The largest absolute Gasteiger partial charge is 0.497 e. The van der Waals surface area contributed by atoms with Crippen molar-refractivity contribution in [3.8, 4) is 11.5 Å². The van der Waals surface area contributed by atoms with Crippen LogP contribution in [0.4, 0.5) is 0 Å². The molecule has 0 aromatic heterocycles. The van der Waals surface area contributed by atoms with Crippen LogP contribution in [0.2, 0.25) is 0 Å². The minimum Gasteiger partial charge on any atom is -0.497 e. The minimum atomic E-state index is -0.858. The Labute approximate surface area is 112 Å². The van der Waals surface area contributed by atoms with Gasteiger partial charge in [-0.3, -0.25) is 4.79 Å². The number of aliphatic carboxylic acids is 1. The summed E-state index contributed by atoms with van der Waals surface area (Å²) < 4.78 is 11.0. The number of methoxy groups -OCH3 is 1. The number of nitrogens with one attached hydrogen (secondary N) is 1. The molecule has 1 saturated carbocycles. The van der Waals surface area contributed by atoms with E-state index < -0.39 is 11.5 Å². The molecule has 1 aromatic rings. The minimum absolute atomic E-state index is 0.0874. The molecule has 2 unspecified atom stereocenters. The van der Waals surface area contributed by atoms with Gasteiger partial charge < -0.3 is 19.9 Å². The number of carbonyl (C=O) groups is 1. The van der Waals surface area contributed by atoms with Crippen LogP contribution in [-0.4, -0.2) is 36.9 Å². The van der Waals surface area contributed by atoms with Gasteiger partial charge in [0.1, 0.15) is 23.1 Å². The van der Waals surface area contributed by atoms with Crippen molar-refractivity contribution >= 4 is 5.97 Å². The SMILES string of the molecule is CNC1(C(=O)O)CCC(Oc2cccc(OC)c2)C1. The molecule has 0 bridgehead atoms. The van der Waals surface area contributed by atoms with Crippen molar-refractivity contribution in [2.75, 3.05) is 14.2 Å². The first kappa shape index (κ1) is 13.7. The van der Waals surface area contributed by atoms with E-state index in [1.54, 1.807) is 20.2 Å². The van der Waals surface area contributed by atoms with E-state index in [1.807, 2.05) is 18.2 Å². The first-order chi connectivity index (χ1) is 9.09. The van der Waals surface area contributed by atoms with Crippen molar-refractivity contribution < 1.29 is 19.4 Å². The van der Waals surface area contributed by atoms with Gasteiger partial charge in [0.25, 0.3) is 0 Å². The van der Waals surface area contributed by atoms with Crippen LogP contribution in [0.15, 0.2) is 24.3 Å². The summed E-state index contributed by atoms with van der Waals surface area (Å²) >= 11 is 0. The fourth-order valence-electron chi connectivity index (χ4n) is 2.50. The van der Waals surface area contributed by atoms with Crippen LogP contribution in [0, 0.1) is 0 Å². The molecule has 1 fully saturated rings. The van der Waals surface area contributed by atoms with Crippen LogP contribution in [-0.2, 0) is 4.79 Å². The van der Waals surface area contributed by atoms with Crippen LogP contribution in [0.5, 0.6) is 11.5 Å². The molecule has 0 radical (unpaired) electrons. The van der Waals surface area contributed by atoms with Gasteiger partial charge in [-0.1, -0.05) is 6.07 Å². The predicted molar refractivity (Wildman–Crippen MR) is 70.7 cm³/mol. The molecule has 0 amide bonds. The fraction of sp³-hybridized carbons (Fsp3) is 0.500. The van der Waals surface area contributed by atoms with Crippen LogP contribution in [0.3, 0.4) is 0 Å². The summed E-state index contributed by atoms with van der Waals surface area (Å²) in [6.07, 6.45) is 1.68. The fourth-order valence-corrected chi connectivity index (χ4v) is 2.50. The third-order valence-corrected chi connectivity index (χ3v) is 3.70. The van der Waals surface area contributed by atoms with E-state index in [1.165, 1.54) is 0 Å². The molecule has 0 saturated heterocycles. The monoisotopic (exact) mass is 265 g/mol. The van der Waals surface area contributed by atoms with Gasteiger partial charge in [-0.15, -0.1) is 0 Å². The van der Waals surface area contributed by atoms with Crippen molar-refractivity contribution in [2.24, 2.45) is 0 Å². The average Bonchev–Trinajstić information content (AvgIpc) is 2.83. The van der Waals surface area contributed by atoms with Gasteiger partial charge in [0.2, 0.25) is 0 Å². The van der Waals surface area contributed by atoms with E-state index in [4.69, 9.17) is 9.47 Å². The van der Waals surface area contributed by atoms with Crippen molar-refractivity contribution in [1.82, 2.24) is 5.32 Å². The molecule has 2 N–H and O–H groups in total. The van der Waals surface area contributed by atoms with Gasteiger partial charge in [0, 0.05) is 12.5 Å². The second-order valence-corrected chi connectivity index (χ2v) is 4.80. The Morgan fingerprint density at radius 2 is 2.21 bits per heavy atom. The Balaban J connectivity index is 2.03. The quantitative estimate of drug-likeness (QED) is 0.847. The average molecular weight is 265 g/mol. The number of hydrogen-bond acceptors (Lipinski definition) is 4. The van der Waals surface area contributed by atoms with E-state index in [0.717, 1.165) is 12.2 Å². The van der Waals surface area contributed by atoms with E-state index in [-0.39, 0.29) is 6.10 Å². The van der Waals surface area contributed by atoms with E-state index in [0.29, 0.717) is 18.6 Å². The second-order valence-electron chi connectivity index (χ2n) is 4.80. The molecule has 5 nitrogen and oxygen atoms in total.